The van der Waals surface area contributed by atoms with Gasteiger partial charge in [0.2, 0.25) is 5.91 Å². The van der Waals surface area contributed by atoms with E-state index in [9.17, 15) is 9.59 Å². The van der Waals surface area contributed by atoms with E-state index in [4.69, 9.17) is 0 Å². The Balaban J connectivity index is 1.28. The minimum Gasteiger partial charge on any atom is -0.326 e. The van der Waals surface area contributed by atoms with E-state index in [1.54, 1.807) is 23.1 Å². The molecule has 1 aliphatic rings. The number of aromatic amines is 1. The summed E-state index contributed by atoms with van der Waals surface area (Å²) in [5.74, 6) is 1.92. The highest BCUT2D eigenvalue weighted by Crippen LogP contribution is 2.33. The molecule has 1 aromatic carbocycles. The molecule has 0 aliphatic heterocycles. The van der Waals surface area contributed by atoms with Crippen molar-refractivity contribution in [3.05, 3.63) is 46.1 Å². The largest absolute Gasteiger partial charge is 0.326 e. The average Bonchev–Trinajstić information content (AvgIpc) is 3.41. The number of hydrogen-bond donors (Lipinski definition) is 2. The predicted molar refractivity (Wildman–Crippen MR) is 127 cm³/mol. The Morgan fingerprint density at radius 3 is 2.88 bits per heavy atom. The number of H-pyrrole nitrogens is 1. The summed E-state index contributed by atoms with van der Waals surface area (Å²) in [6, 6.07) is 7.38. The molecule has 0 spiro atoms. The molecule has 0 saturated heterocycles. The number of benzene rings is 1. The van der Waals surface area contributed by atoms with Crippen molar-refractivity contribution in [1.82, 2.24) is 24.6 Å². The molecule has 3 heterocycles. The number of thioether (sulfide) groups is 1. The van der Waals surface area contributed by atoms with Crippen molar-refractivity contribution in [3.8, 4) is 0 Å². The highest BCUT2D eigenvalue weighted by atomic mass is 32.2. The molecule has 3 aromatic heterocycles. The van der Waals surface area contributed by atoms with E-state index in [-0.39, 0.29) is 17.4 Å². The highest BCUT2D eigenvalue weighted by Gasteiger charge is 2.21. The van der Waals surface area contributed by atoms with Gasteiger partial charge in [-0.25, -0.2) is 9.97 Å². The maximum absolute atomic E-state index is 12.5. The van der Waals surface area contributed by atoms with Gasteiger partial charge in [-0.1, -0.05) is 37.9 Å². The fraction of sp³-hybridized carbons (Fsp3) is 0.409. The van der Waals surface area contributed by atoms with Crippen molar-refractivity contribution < 1.29 is 4.79 Å². The van der Waals surface area contributed by atoms with Crippen LogP contribution in [0.1, 0.15) is 50.5 Å². The molecule has 10 heteroatoms. The number of amides is 1. The predicted octanol–water partition coefficient (Wildman–Crippen LogP) is 4.40. The summed E-state index contributed by atoms with van der Waals surface area (Å²) in [4.78, 5) is 38.4. The minimum atomic E-state index is -0.166. The monoisotopic (exact) mass is 468 g/mol. The smallest absolute Gasteiger partial charge is 0.274 e. The molecule has 1 saturated carbocycles. The Morgan fingerprint density at radius 1 is 1.22 bits per heavy atom. The first-order valence-corrected chi connectivity index (χ1v) is 12.7. The number of carbonyl (C=O) groups excluding carboxylic acids is 1. The molecule has 8 nitrogen and oxygen atoms in total. The lowest BCUT2D eigenvalue weighted by molar-refractivity contribution is -0.120. The molecule has 1 fully saturated rings. The summed E-state index contributed by atoms with van der Waals surface area (Å²) < 4.78 is 3.29. The third kappa shape index (κ3) is 4.42. The molecule has 1 aliphatic carbocycles. The molecule has 32 heavy (non-hydrogen) atoms. The fourth-order valence-corrected chi connectivity index (χ4v) is 5.99. The second kappa shape index (κ2) is 9.03. The van der Waals surface area contributed by atoms with Crippen molar-refractivity contribution in [1.29, 1.82) is 0 Å². The van der Waals surface area contributed by atoms with Crippen molar-refractivity contribution in [3.63, 3.8) is 0 Å². The van der Waals surface area contributed by atoms with Gasteiger partial charge < -0.3 is 5.32 Å². The third-order valence-corrected chi connectivity index (χ3v) is 7.92. The van der Waals surface area contributed by atoms with E-state index < -0.39 is 0 Å². The van der Waals surface area contributed by atoms with E-state index in [1.165, 1.54) is 17.0 Å². The van der Waals surface area contributed by atoms with E-state index in [1.807, 2.05) is 25.1 Å². The van der Waals surface area contributed by atoms with Gasteiger partial charge in [0.15, 0.2) is 4.34 Å². The standard InChI is InChI=1S/C22H24N6O2S2/c1-2-18-26-21-24-15(11-19(29)28(21)27-18)12-31-22-25-16-9-8-14(10-17(16)32-22)23-20(30)13-6-4-3-5-7-13/h8-11,13H,2-7,12H2,1H3,(H,23,30)(H,24,26,27). The van der Waals surface area contributed by atoms with Gasteiger partial charge in [0.1, 0.15) is 5.82 Å². The van der Waals surface area contributed by atoms with E-state index in [2.05, 4.69) is 25.4 Å². The van der Waals surface area contributed by atoms with Crippen molar-refractivity contribution >= 4 is 50.7 Å². The van der Waals surface area contributed by atoms with E-state index >= 15 is 0 Å². The summed E-state index contributed by atoms with van der Waals surface area (Å²) in [5.41, 5.74) is 2.23. The lowest BCUT2D eigenvalue weighted by atomic mass is 9.88. The zero-order valence-corrected chi connectivity index (χ0v) is 19.4. The molecule has 1 amide bonds. The van der Waals surface area contributed by atoms with Gasteiger partial charge in [0.25, 0.3) is 11.3 Å². The fourth-order valence-electron chi connectivity index (χ4n) is 3.99. The van der Waals surface area contributed by atoms with E-state index in [0.717, 1.165) is 51.8 Å². The van der Waals surface area contributed by atoms with Crippen LogP contribution in [0.3, 0.4) is 0 Å². The number of rotatable bonds is 6. The second-order valence-corrected chi connectivity index (χ2v) is 10.3. The molecule has 0 bridgehead atoms. The number of anilines is 1. The lowest BCUT2D eigenvalue weighted by Gasteiger charge is -2.20. The lowest BCUT2D eigenvalue weighted by Crippen LogP contribution is -2.24. The van der Waals surface area contributed by atoms with Crippen LogP contribution in [0.15, 0.2) is 33.4 Å². The summed E-state index contributed by atoms with van der Waals surface area (Å²) in [7, 11) is 0. The van der Waals surface area contributed by atoms with Crippen molar-refractivity contribution in [2.24, 2.45) is 5.92 Å². The third-order valence-electron chi connectivity index (χ3n) is 5.72. The van der Waals surface area contributed by atoms with Gasteiger partial charge >= 0.3 is 0 Å². The number of aromatic nitrogens is 5. The van der Waals surface area contributed by atoms with Crippen molar-refractivity contribution in [2.75, 3.05) is 5.32 Å². The first-order chi connectivity index (χ1) is 15.6. The number of nitrogens with zero attached hydrogens (tertiary/aromatic N) is 4. The van der Waals surface area contributed by atoms with Gasteiger partial charge in [-0.15, -0.1) is 11.3 Å². The first-order valence-electron chi connectivity index (χ1n) is 10.9. The summed E-state index contributed by atoms with van der Waals surface area (Å²) >= 11 is 3.12. The molecule has 0 unspecified atom stereocenters. The normalized spacial score (nSPS) is 14.9. The molecule has 166 valence electrons. The minimum absolute atomic E-state index is 0.125. The number of thiazole rings is 1. The van der Waals surface area contributed by atoms with Crippen LogP contribution in [0.5, 0.6) is 0 Å². The Morgan fingerprint density at radius 2 is 2.06 bits per heavy atom. The Bertz CT molecular complexity index is 1340. The van der Waals surface area contributed by atoms with Gasteiger partial charge in [-0.3, -0.25) is 14.7 Å². The van der Waals surface area contributed by atoms with Crippen LogP contribution in [0.4, 0.5) is 5.69 Å². The van der Waals surface area contributed by atoms with Crippen molar-refractivity contribution in [2.45, 2.75) is 55.5 Å². The molecular formula is C22H24N6O2S2. The molecule has 0 atom stereocenters. The SMILES string of the molecule is CCc1nc2nc(CSc3nc4ccc(NC(=O)C5CCCCC5)cc4s3)cc(=O)n2[nH]1. The number of nitrogens with one attached hydrogen (secondary N) is 2. The molecule has 2 N–H and O–H groups in total. The number of carbonyl (C=O) groups is 1. The number of fused-ring (bicyclic) bond motifs is 2. The molecular weight excluding hydrogens is 444 g/mol. The zero-order chi connectivity index (χ0) is 22.1. The molecule has 4 aromatic rings. The Hall–Kier alpha value is -2.72. The van der Waals surface area contributed by atoms with E-state index in [0.29, 0.717) is 23.6 Å². The average molecular weight is 469 g/mol. The first kappa shape index (κ1) is 21.1. The van der Waals surface area contributed by atoms with Gasteiger partial charge in [-0.05, 0) is 31.0 Å². The maximum Gasteiger partial charge on any atom is 0.274 e. The van der Waals surface area contributed by atoms with Crippen LogP contribution in [-0.4, -0.2) is 30.5 Å². The summed E-state index contributed by atoms with van der Waals surface area (Å²) in [6.45, 7) is 1.97. The molecule has 0 radical (unpaired) electrons. The Labute approximate surface area is 192 Å². The van der Waals surface area contributed by atoms with Crippen LogP contribution < -0.4 is 10.9 Å². The zero-order valence-electron chi connectivity index (χ0n) is 17.8. The summed E-state index contributed by atoms with van der Waals surface area (Å²) in [6.07, 6.45) is 6.19. The van der Waals surface area contributed by atoms with Crippen LogP contribution in [0.2, 0.25) is 0 Å². The molecule has 5 rings (SSSR count). The van der Waals surface area contributed by atoms with Crippen LogP contribution in [-0.2, 0) is 17.0 Å². The van der Waals surface area contributed by atoms with Crippen LogP contribution in [0.25, 0.3) is 16.0 Å². The number of hydrogen-bond acceptors (Lipinski definition) is 7. The number of aryl methyl sites for hydroxylation is 1. The van der Waals surface area contributed by atoms with Crippen LogP contribution >= 0.6 is 23.1 Å². The Kier molecular flexibility index (Phi) is 5.97. The van der Waals surface area contributed by atoms with Gasteiger partial charge in [0, 0.05) is 29.8 Å². The highest BCUT2D eigenvalue weighted by molar-refractivity contribution is 8.00. The van der Waals surface area contributed by atoms with Gasteiger partial charge in [-0.2, -0.15) is 9.50 Å². The maximum atomic E-state index is 12.5. The second-order valence-electron chi connectivity index (χ2n) is 8.02. The summed E-state index contributed by atoms with van der Waals surface area (Å²) in [5, 5.41) is 6.03. The van der Waals surface area contributed by atoms with Gasteiger partial charge in [0.05, 0.1) is 15.9 Å². The quantitative estimate of drug-likeness (QED) is 0.406. The van der Waals surface area contributed by atoms with Crippen LogP contribution in [0, 0.1) is 5.92 Å². The topological polar surface area (TPSA) is 105 Å².